The number of ether oxygens (including phenoxy) is 2. The average Bonchev–Trinajstić information content (AvgIpc) is 3.32. The lowest BCUT2D eigenvalue weighted by atomic mass is 10.0. The van der Waals surface area contributed by atoms with Crippen molar-refractivity contribution in [1.29, 1.82) is 0 Å². The standard InChI is InChI=1S/C24H28N2O4/c1-29-20-12-10-19(22(17-20)30-2)11-13-23(27)25-21(16-18-8-4-3-5-9-18)24(28)26-14-6-7-15-26/h3-5,8-13,17,21H,6-7,14-16H2,1-2H3,(H,25,27)/b13-11+/t21-/m0/s1. The van der Waals surface area contributed by atoms with Gasteiger partial charge in [0.25, 0.3) is 0 Å². The van der Waals surface area contributed by atoms with Crippen LogP contribution in [0.4, 0.5) is 0 Å². The van der Waals surface area contributed by atoms with Gasteiger partial charge in [-0.2, -0.15) is 0 Å². The minimum atomic E-state index is -0.597. The van der Waals surface area contributed by atoms with E-state index in [4.69, 9.17) is 9.47 Å². The van der Waals surface area contributed by atoms with Crippen LogP contribution in [0.2, 0.25) is 0 Å². The van der Waals surface area contributed by atoms with Crippen LogP contribution in [0.3, 0.4) is 0 Å². The number of benzene rings is 2. The quantitative estimate of drug-likeness (QED) is 0.682. The van der Waals surface area contributed by atoms with Gasteiger partial charge in [0.05, 0.1) is 14.2 Å². The van der Waals surface area contributed by atoms with Crippen molar-refractivity contribution in [2.24, 2.45) is 0 Å². The summed E-state index contributed by atoms with van der Waals surface area (Å²) in [5.74, 6) is 0.932. The van der Waals surface area contributed by atoms with Crippen LogP contribution in [0.25, 0.3) is 6.08 Å². The van der Waals surface area contributed by atoms with Crippen LogP contribution in [-0.4, -0.2) is 50.1 Å². The Labute approximate surface area is 177 Å². The van der Waals surface area contributed by atoms with E-state index in [1.54, 1.807) is 32.4 Å². The van der Waals surface area contributed by atoms with Gasteiger partial charge >= 0.3 is 0 Å². The average molecular weight is 408 g/mol. The number of carbonyl (C=O) groups excluding carboxylic acids is 2. The molecule has 158 valence electrons. The van der Waals surface area contributed by atoms with Crippen LogP contribution in [0.5, 0.6) is 11.5 Å². The number of methoxy groups -OCH3 is 2. The second-order valence-electron chi connectivity index (χ2n) is 7.22. The van der Waals surface area contributed by atoms with Crippen molar-refractivity contribution in [3.63, 3.8) is 0 Å². The van der Waals surface area contributed by atoms with Gasteiger partial charge in [-0.3, -0.25) is 9.59 Å². The zero-order chi connectivity index (χ0) is 21.3. The Hall–Kier alpha value is -3.28. The first kappa shape index (κ1) is 21.4. The molecule has 6 nitrogen and oxygen atoms in total. The molecule has 0 bridgehead atoms. The number of carbonyl (C=O) groups is 2. The number of hydrogen-bond donors (Lipinski definition) is 1. The molecular formula is C24H28N2O4. The lowest BCUT2D eigenvalue weighted by molar-refractivity contribution is -0.134. The van der Waals surface area contributed by atoms with E-state index >= 15 is 0 Å². The molecule has 2 amide bonds. The Morgan fingerprint density at radius 3 is 2.47 bits per heavy atom. The van der Waals surface area contributed by atoms with Gasteiger partial charge in [0.1, 0.15) is 17.5 Å². The van der Waals surface area contributed by atoms with E-state index in [9.17, 15) is 9.59 Å². The van der Waals surface area contributed by atoms with Crippen LogP contribution < -0.4 is 14.8 Å². The first-order chi connectivity index (χ1) is 14.6. The summed E-state index contributed by atoms with van der Waals surface area (Å²) >= 11 is 0. The Balaban J connectivity index is 1.72. The van der Waals surface area contributed by atoms with Crippen molar-refractivity contribution in [1.82, 2.24) is 10.2 Å². The number of nitrogens with one attached hydrogen (secondary N) is 1. The summed E-state index contributed by atoms with van der Waals surface area (Å²) in [7, 11) is 3.15. The fourth-order valence-corrected chi connectivity index (χ4v) is 3.55. The first-order valence-corrected chi connectivity index (χ1v) is 10.1. The zero-order valence-electron chi connectivity index (χ0n) is 17.5. The van der Waals surface area contributed by atoms with E-state index in [1.165, 1.54) is 6.08 Å². The third kappa shape index (κ3) is 5.63. The predicted molar refractivity (Wildman–Crippen MR) is 116 cm³/mol. The highest BCUT2D eigenvalue weighted by atomic mass is 16.5. The molecule has 0 spiro atoms. The molecule has 0 saturated carbocycles. The molecule has 1 aliphatic rings. The van der Waals surface area contributed by atoms with Gasteiger partial charge in [0, 0.05) is 37.2 Å². The van der Waals surface area contributed by atoms with E-state index in [2.05, 4.69) is 5.32 Å². The maximum Gasteiger partial charge on any atom is 0.245 e. The van der Waals surface area contributed by atoms with Crippen molar-refractivity contribution >= 4 is 17.9 Å². The monoisotopic (exact) mass is 408 g/mol. The molecule has 0 unspecified atom stereocenters. The third-order valence-electron chi connectivity index (χ3n) is 5.17. The Kier molecular flexibility index (Phi) is 7.49. The van der Waals surface area contributed by atoms with Crippen molar-refractivity contribution in [3.05, 3.63) is 65.7 Å². The maximum atomic E-state index is 13.0. The minimum Gasteiger partial charge on any atom is -0.497 e. The van der Waals surface area contributed by atoms with Gasteiger partial charge in [-0.05, 0) is 36.6 Å². The van der Waals surface area contributed by atoms with Gasteiger partial charge in [0.2, 0.25) is 11.8 Å². The molecular weight excluding hydrogens is 380 g/mol. The SMILES string of the molecule is COc1ccc(/C=C/C(=O)N[C@@H](Cc2ccccc2)C(=O)N2CCCC2)c(OC)c1. The molecule has 1 N–H and O–H groups in total. The van der Waals surface area contributed by atoms with Crippen molar-refractivity contribution in [3.8, 4) is 11.5 Å². The van der Waals surface area contributed by atoms with Crippen LogP contribution >= 0.6 is 0 Å². The van der Waals surface area contributed by atoms with Crippen molar-refractivity contribution in [2.75, 3.05) is 27.3 Å². The third-order valence-corrected chi connectivity index (χ3v) is 5.17. The number of rotatable bonds is 8. The topological polar surface area (TPSA) is 67.9 Å². The summed E-state index contributed by atoms with van der Waals surface area (Å²) in [5, 5.41) is 2.89. The molecule has 2 aromatic rings. The number of amides is 2. The van der Waals surface area contributed by atoms with Crippen molar-refractivity contribution in [2.45, 2.75) is 25.3 Å². The molecule has 0 radical (unpaired) electrons. The Morgan fingerprint density at radius 1 is 1.07 bits per heavy atom. The Bertz CT molecular complexity index is 889. The minimum absolute atomic E-state index is 0.0277. The molecule has 1 saturated heterocycles. The second kappa shape index (κ2) is 10.5. The lowest BCUT2D eigenvalue weighted by Gasteiger charge is -2.23. The van der Waals surface area contributed by atoms with E-state index in [0.717, 1.165) is 37.1 Å². The van der Waals surface area contributed by atoms with Gasteiger partial charge in [-0.15, -0.1) is 0 Å². The van der Waals surface area contributed by atoms with Gasteiger partial charge in [-0.1, -0.05) is 30.3 Å². The summed E-state index contributed by atoms with van der Waals surface area (Å²) in [6, 6.07) is 14.5. The summed E-state index contributed by atoms with van der Waals surface area (Å²) in [4.78, 5) is 27.4. The van der Waals surface area contributed by atoms with Crippen LogP contribution in [0.1, 0.15) is 24.0 Å². The summed E-state index contributed by atoms with van der Waals surface area (Å²) in [6.07, 6.45) is 5.58. The van der Waals surface area contributed by atoms with E-state index in [1.807, 2.05) is 41.3 Å². The summed E-state index contributed by atoms with van der Waals surface area (Å²) < 4.78 is 10.6. The van der Waals surface area contributed by atoms with E-state index in [0.29, 0.717) is 17.9 Å². The summed E-state index contributed by atoms with van der Waals surface area (Å²) in [6.45, 7) is 1.50. The molecule has 1 heterocycles. The van der Waals surface area contributed by atoms with Crippen LogP contribution in [0.15, 0.2) is 54.6 Å². The van der Waals surface area contributed by atoms with E-state index < -0.39 is 6.04 Å². The highest BCUT2D eigenvalue weighted by molar-refractivity contribution is 5.96. The predicted octanol–water partition coefficient (Wildman–Crippen LogP) is 3.07. The largest absolute Gasteiger partial charge is 0.497 e. The number of likely N-dealkylation sites (tertiary alicyclic amines) is 1. The van der Waals surface area contributed by atoms with E-state index in [-0.39, 0.29) is 11.8 Å². The summed E-state index contributed by atoms with van der Waals surface area (Å²) in [5.41, 5.74) is 1.76. The fraction of sp³-hybridized carbons (Fsp3) is 0.333. The van der Waals surface area contributed by atoms with Gasteiger partial charge in [0.15, 0.2) is 0 Å². The highest BCUT2D eigenvalue weighted by Gasteiger charge is 2.27. The molecule has 0 aromatic heterocycles. The molecule has 1 atom stereocenters. The maximum absolute atomic E-state index is 13.0. The number of hydrogen-bond acceptors (Lipinski definition) is 4. The number of nitrogens with zero attached hydrogens (tertiary/aromatic N) is 1. The highest BCUT2D eigenvalue weighted by Crippen LogP contribution is 2.25. The van der Waals surface area contributed by atoms with Crippen LogP contribution in [-0.2, 0) is 16.0 Å². The zero-order valence-corrected chi connectivity index (χ0v) is 17.5. The molecule has 3 rings (SSSR count). The normalized spacial score (nSPS) is 14.5. The molecule has 6 heteroatoms. The second-order valence-corrected chi connectivity index (χ2v) is 7.22. The lowest BCUT2D eigenvalue weighted by Crippen LogP contribution is -2.48. The molecule has 2 aromatic carbocycles. The molecule has 1 aliphatic heterocycles. The molecule has 0 aliphatic carbocycles. The first-order valence-electron chi connectivity index (χ1n) is 10.1. The molecule has 1 fully saturated rings. The fourth-order valence-electron chi connectivity index (χ4n) is 3.55. The smallest absolute Gasteiger partial charge is 0.245 e. The van der Waals surface area contributed by atoms with Crippen LogP contribution in [0, 0.1) is 0 Å². The van der Waals surface area contributed by atoms with Gasteiger partial charge in [-0.25, -0.2) is 0 Å². The van der Waals surface area contributed by atoms with Gasteiger partial charge < -0.3 is 19.7 Å². The molecule has 30 heavy (non-hydrogen) atoms. The van der Waals surface area contributed by atoms with Crippen molar-refractivity contribution < 1.29 is 19.1 Å². The Morgan fingerprint density at radius 2 is 1.80 bits per heavy atom.